The largest absolute Gasteiger partial charge is 0.384 e. The predicted molar refractivity (Wildman–Crippen MR) is 45.1 cm³/mol. The van der Waals surface area contributed by atoms with E-state index in [1.54, 1.807) is 7.11 Å². The topological polar surface area (TPSA) is 9.23 Å². The molecule has 1 nitrogen and oxygen atoms in total. The Labute approximate surface area is 64.1 Å². The van der Waals surface area contributed by atoms with Crippen molar-refractivity contribution >= 4 is 0 Å². The van der Waals surface area contributed by atoms with Gasteiger partial charge in [0.25, 0.3) is 0 Å². The quantitative estimate of drug-likeness (QED) is 0.536. The van der Waals surface area contributed by atoms with Crippen LogP contribution >= 0.6 is 0 Å². The second kappa shape index (κ2) is 6.81. The minimum absolute atomic E-state index is 0.696. The summed E-state index contributed by atoms with van der Waals surface area (Å²) in [5, 5.41) is 0. The lowest BCUT2D eigenvalue weighted by atomic mass is 10.1. The van der Waals surface area contributed by atoms with E-state index < -0.39 is 0 Å². The summed E-state index contributed by atoms with van der Waals surface area (Å²) < 4.78 is 5.01. The molecule has 0 rings (SSSR count). The zero-order valence-corrected chi connectivity index (χ0v) is 7.26. The van der Waals surface area contributed by atoms with Crippen molar-refractivity contribution in [1.29, 1.82) is 0 Å². The van der Waals surface area contributed by atoms with Crippen LogP contribution in [0, 0.1) is 5.92 Å². The molecule has 1 atom stereocenters. The summed E-state index contributed by atoms with van der Waals surface area (Å²) in [6.07, 6.45) is 6.71. The SMILES string of the molecule is CC=CCCC(C)COC. The van der Waals surface area contributed by atoms with E-state index >= 15 is 0 Å². The zero-order chi connectivity index (χ0) is 7.82. The summed E-state index contributed by atoms with van der Waals surface area (Å²) >= 11 is 0. The monoisotopic (exact) mass is 142 g/mol. The van der Waals surface area contributed by atoms with Gasteiger partial charge in [-0.25, -0.2) is 0 Å². The van der Waals surface area contributed by atoms with Gasteiger partial charge in [0, 0.05) is 13.7 Å². The van der Waals surface area contributed by atoms with E-state index in [1.807, 2.05) is 0 Å². The molecule has 60 valence electrons. The summed E-state index contributed by atoms with van der Waals surface area (Å²) in [6.45, 7) is 5.16. The third-order valence-corrected chi connectivity index (χ3v) is 1.51. The van der Waals surface area contributed by atoms with Crippen molar-refractivity contribution in [1.82, 2.24) is 0 Å². The first kappa shape index (κ1) is 9.70. The normalized spacial score (nSPS) is 14.3. The molecular formula is C9H18O. The molecule has 1 unspecified atom stereocenters. The standard InChI is InChI=1S/C9H18O/c1-4-5-6-7-9(2)8-10-3/h4-5,9H,6-8H2,1-3H3. The van der Waals surface area contributed by atoms with Crippen LogP contribution in [0.2, 0.25) is 0 Å². The van der Waals surface area contributed by atoms with E-state index in [4.69, 9.17) is 4.74 Å². The predicted octanol–water partition coefficient (Wildman–Crippen LogP) is 2.63. The summed E-state index contributed by atoms with van der Waals surface area (Å²) in [5.74, 6) is 0.696. The fraction of sp³-hybridized carbons (Fsp3) is 0.778. The number of methoxy groups -OCH3 is 1. The average molecular weight is 142 g/mol. The highest BCUT2D eigenvalue weighted by atomic mass is 16.5. The van der Waals surface area contributed by atoms with Gasteiger partial charge in [0.05, 0.1) is 0 Å². The minimum atomic E-state index is 0.696. The molecule has 0 heterocycles. The van der Waals surface area contributed by atoms with Gasteiger partial charge in [-0.3, -0.25) is 0 Å². The Balaban J connectivity index is 3.12. The van der Waals surface area contributed by atoms with Crippen LogP contribution < -0.4 is 0 Å². The van der Waals surface area contributed by atoms with Crippen LogP contribution in [0.1, 0.15) is 26.7 Å². The van der Waals surface area contributed by atoms with Crippen LogP contribution in [-0.2, 0) is 4.74 Å². The molecule has 0 aliphatic carbocycles. The van der Waals surface area contributed by atoms with Gasteiger partial charge in [-0.15, -0.1) is 0 Å². The number of ether oxygens (including phenoxy) is 1. The summed E-state index contributed by atoms with van der Waals surface area (Å²) in [5.41, 5.74) is 0. The van der Waals surface area contributed by atoms with Crippen LogP contribution in [0.3, 0.4) is 0 Å². The first-order chi connectivity index (χ1) is 4.81. The lowest BCUT2D eigenvalue weighted by molar-refractivity contribution is 0.156. The lowest BCUT2D eigenvalue weighted by Gasteiger charge is -2.06. The van der Waals surface area contributed by atoms with E-state index in [0.29, 0.717) is 5.92 Å². The van der Waals surface area contributed by atoms with Crippen molar-refractivity contribution < 1.29 is 4.74 Å². The van der Waals surface area contributed by atoms with Crippen molar-refractivity contribution in [2.75, 3.05) is 13.7 Å². The number of hydrogen-bond donors (Lipinski definition) is 0. The molecule has 0 amide bonds. The molecule has 0 aliphatic rings. The molecule has 0 N–H and O–H groups in total. The number of rotatable bonds is 5. The molecule has 0 aromatic rings. The first-order valence-corrected chi connectivity index (χ1v) is 3.91. The second-order valence-electron chi connectivity index (χ2n) is 2.71. The minimum Gasteiger partial charge on any atom is -0.384 e. The molecule has 0 aliphatic heterocycles. The van der Waals surface area contributed by atoms with Crippen LogP contribution in [0.5, 0.6) is 0 Å². The van der Waals surface area contributed by atoms with Gasteiger partial charge >= 0.3 is 0 Å². The maximum atomic E-state index is 5.01. The van der Waals surface area contributed by atoms with Gasteiger partial charge in [0.1, 0.15) is 0 Å². The highest BCUT2D eigenvalue weighted by Crippen LogP contribution is 2.05. The Bertz CT molecular complexity index is 86.7. The van der Waals surface area contributed by atoms with Crippen LogP contribution in [0.15, 0.2) is 12.2 Å². The Hall–Kier alpha value is -0.300. The van der Waals surface area contributed by atoms with Crippen LogP contribution in [-0.4, -0.2) is 13.7 Å². The third-order valence-electron chi connectivity index (χ3n) is 1.51. The molecule has 0 aromatic carbocycles. The maximum Gasteiger partial charge on any atom is 0.0487 e. The molecule has 0 saturated carbocycles. The Morgan fingerprint density at radius 1 is 1.50 bits per heavy atom. The maximum absolute atomic E-state index is 5.01. The second-order valence-corrected chi connectivity index (χ2v) is 2.71. The molecular weight excluding hydrogens is 124 g/mol. The first-order valence-electron chi connectivity index (χ1n) is 3.91. The van der Waals surface area contributed by atoms with E-state index in [-0.39, 0.29) is 0 Å². The Morgan fingerprint density at radius 2 is 2.20 bits per heavy atom. The highest BCUT2D eigenvalue weighted by molar-refractivity contribution is 4.77. The fourth-order valence-electron chi connectivity index (χ4n) is 0.915. The van der Waals surface area contributed by atoms with Crippen molar-refractivity contribution in [2.45, 2.75) is 26.7 Å². The van der Waals surface area contributed by atoms with Gasteiger partial charge in [-0.2, -0.15) is 0 Å². The van der Waals surface area contributed by atoms with Crippen molar-refractivity contribution in [3.63, 3.8) is 0 Å². The molecule has 0 fully saturated rings. The van der Waals surface area contributed by atoms with Crippen LogP contribution in [0.25, 0.3) is 0 Å². The summed E-state index contributed by atoms with van der Waals surface area (Å²) in [4.78, 5) is 0. The molecule has 0 aromatic heterocycles. The Morgan fingerprint density at radius 3 is 2.70 bits per heavy atom. The van der Waals surface area contributed by atoms with Crippen molar-refractivity contribution in [3.8, 4) is 0 Å². The zero-order valence-electron chi connectivity index (χ0n) is 7.26. The van der Waals surface area contributed by atoms with Gasteiger partial charge in [0.15, 0.2) is 0 Å². The molecule has 0 radical (unpaired) electrons. The summed E-state index contributed by atoms with van der Waals surface area (Å²) in [6, 6.07) is 0. The van der Waals surface area contributed by atoms with Gasteiger partial charge in [-0.1, -0.05) is 19.1 Å². The fourth-order valence-corrected chi connectivity index (χ4v) is 0.915. The molecule has 10 heavy (non-hydrogen) atoms. The summed E-state index contributed by atoms with van der Waals surface area (Å²) in [7, 11) is 1.76. The highest BCUT2D eigenvalue weighted by Gasteiger charge is 1.97. The molecule has 1 heteroatoms. The van der Waals surface area contributed by atoms with E-state index in [2.05, 4.69) is 26.0 Å². The van der Waals surface area contributed by atoms with Gasteiger partial charge in [-0.05, 0) is 25.7 Å². The average Bonchev–Trinajstić information content (AvgIpc) is 1.89. The van der Waals surface area contributed by atoms with Crippen LogP contribution in [0.4, 0.5) is 0 Å². The lowest BCUT2D eigenvalue weighted by Crippen LogP contribution is -2.02. The molecule has 0 bridgehead atoms. The Kier molecular flexibility index (Phi) is 6.61. The van der Waals surface area contributed by atoms with E-state index in [1.165, 1.54) is 12.8 Å². The van der Waals surface area contributed by atoms with E-state index in [0.717, 1.165) is 6.61 Å². The smallest absolute Gasteiger partial charge is 0.0487 e. The van der Waals surface area contributed by atoms with Gasteiger partial charge < -0.3 is 4.74 Å². The molecule has 0 spiro atoms. The van der Waals surface area contributed by atoms with Gasteiger partial charge in [0.2, 0.25) is 0 Å². The van der Waals surface area contributed by atoms with Crippen molar-refractivity contribution in [2.24, 2.45) is 5.92 Å². The number of allylic oxidation sites excluding steroid dienone is 2. The third kappa shape index (κ3) is 5.83. The number of hydrogen-bond acceptors (Lipinski definition) is 1. The van der Waals surface area contributed by atoms with E-state index in [9.17, 15) is 0 Å². The molecule has 0 saturated heterocycles. The van der Waals surface area contributed by atoms with Crippen molar-refractivity contribution in [3.05, 3.63) is 12.2 Å².